The van der Waals surface area contributed by atoms with Gasteiger partial charge in [0.05, 0.1) is 6.04 Å². The third kappa shape index (κ3) is 1.95. The molecule has 3 nitrogen and oxygen atoms in total. The quantitative estimate of drug-likeness (QED) is 0.911. The number of likely N-dealkylation sites (tertiary alicyclic amines) is 1. The minimum Gasteiger partial charge on any atom is -0.331 e. The van der Waals surface area contributed by atoms with Crippen LogP contribution in [-0.4, -0.2) is 22.9 Å². The van der Waals surface area contributed by atoms with Crippen LogP contribution in [0.1, 0.15) is 30.9 Å². The number of benzene rings is 1. The molecule has 0 bridgehead atoms. The maximum atomic E-state index is 13.4. The van der Waals surface area contributed by atoms with Gasteiger partial charge in [-0.2, -0.15) is 0 Å². The summed E-state index contributed by atoms with van der Waals surface area (Å²) in [4.78, 5) is 13.8. The van der Waals surface area contributed by atoms with Gasteiger partial charge in [0, 0.05) is 23.0 Å². The Hall–Kier alpha value is -0.940. The first-order valence-corrected chi connectivity index (χ1v) is 6.89. The fourth-order valence-electron chi connectivity index (χ4n) is 2.69. The summed E-state index contributed by atoms with van der Waals surface area (Å²) in [5, 5.41) is 0. The highest BCUT2D eigenvalue weighted by Crippen LogP contribution is 2.43. The molecular formula is C13H14BrFN2O. The van der Waals surface area contributed by atoms with Crippen molar-refractivity contribution in [2.75, 3.05) is 0 Å². The Labute approximate surface area is 113 Å². The van der Waals surface area contributed by atoms with Crippen LogP contribution in [0.15, 0.2) is 22.7 Å². The largest absolute Gasteiger partial charge is 0.331 e. The van der Waals surface area contributed by atoms with E-state index in [2.05, 4.69) is 15.9 Å². The first-order valence-electron chi connectivity index (χ1n) is 6.09. The van der Waals surface area contributed by atoms with Gasteiger partial charge >= 0.3 is 0 Å². The third-order valence-corrected chi connectivity index (χ3v) is 4.34. The monoisotopic (exact) mass is 312 g/mol. The predicted octanol–water partition coefficient (Wildman–Crippen LogP) is 2.35. The van der Waals surface area contributed by atoms with Crippen LogP contribution in [0.4, 0.5) is 4.39 Å². The van der Waals surface area contributed by atoms with Crippen molar-refractivity contribution in [2.24, 2.45) is 5.73 Å². The lowest BCUT2D eigenvalue weighted by molar-refractivity contribution is -0.129. The Balaban J connectivity index is 2.02. The molecule has 1 saturated carbocycles. The fraction of sp³-hybridized carbons (Fsp3) is 0.462. The second-order valence-electron chi connectivity index (χ2n) is 5.01. The van der Waals surface area contributed by atoms with Crippen LogP contribution in [-0.2, 0) is 4.79 Å². The summed E-state index contributed by atoms with van der Waals surface area (Å²) in [5.74, 6) is -0.207. The van der Waals surface area contributed by atoms with Gasteiger partial charge in [-0.1, -0.05) is 15.9 Å². The summed E-state index contributed by atoms with van der Waals surface area (Å²) < 4.78 is 14.2. The van der Waals surface area contributed by atoms with E-state index in [1.807, 2.05) is 4.90 Å². The Bertz CT molecular complexity index is 504. The van der Waals surface area contributed by atoms with Gasteiger partial charge < -0.3 is 10.6 Å². The third-order valence-electron chi connectivity index (χ3n) is 3.62. The van der Waals surface area contributed by atoms with E-state index in [1.54, 1.807) is 6.07 Å². The molecule has 2 N–H and O–H groups in total. The maximum absolute atomic E-state index is 13.4. The molecule has 0 radical (unpaired) electrons. The van der Waals surface area contributed by atoms with E-state index in [0.29, 0.717) is 12.5 Å². The summed E-state index contributed by atoms with van der Waals surface area (Å²) in [5.41, 5.74) is 6.85. The zero-order chi connectivity index (χ0) is 12.9. The number of carbonyl (C=O) groups excluding carboxylic acids is 1. The van der Waals surface area contributed by atoms with Crippen molar-refractivity contribution in [1.82, 2.24) is 4.90 Å². The van der Waals surface area contributed by atoms with Gasteiger partial charge in [-0.05, 0) is 36.6 Å². The molecule has 0 spiro atoms. The van der Waals surface area contributed by atoms with E-state index in [4.69, 9.17) is 5.73 Å². The molecule has 2 atom stereocenters. The smallest absolute Gasteiger partial charge is 0.225 e. The van der Waals surface area contributed by atoms with Crippen molar-refractivity contribution in [2.45, 2.75) is 37.4 Å². The lowest BCUT2D eigenvalue weighted by atomic mass is 10.0. The van der Waals surface area contributed by atoms with Gasteiger partial charge in [-0.15, -0.1) is 0 Å². The van der Waals surface area contributed by atoms with Crippen molar-refractivity contribution >= 4 is 21.8 Å². The summed E-state index contributed by atoms with van der Waals surface area (Å²) >= 11 is 3.42. The van der Waals surface area contributed by atoms with E-state index in [1.165, 1.54) is 12.1 Å². The minimum atomic E-state index is -0.296. The molecule has 1 aromatic rings. The van der Waals surface area contributed by atoms with Crippen LogP contribution in [0.25, 0.3) is 0 Å². The number of hydrogen-bond acceptors (Lipinski definition) is 2. The number of halogens is 2. The molecule has 5 heteroatoms. The van der Waals surface area contributed by atoms with Gasteiger partial charge in [0.2, 0.25) is 5.91 Å². The molecule has 1 heterocycles. The Kier molecular flexibility index (Phi) is 2.90. The van der Waals surface area contributed by atoms with Crippen LogP contribution in [0.3, 0.4) is 0 Å². The lowest BCUT2D eigenvalue weighted by Gasteiger charge is -2.28. The molecule has 1 aromatic carbocycles. The van der Waals surface area contributed by atoms with Crippen LogP contribution >= 0.6 is 15.9 Å². The van der Waals surface area contributed by atoms with Crippen LogP contribution in [0.2, 0.25) is 0 Å². The average molecular weight is 313 g/mol. The first-order chi connectivity index (χ1) is 8.58. The van der Waals surface area contributed by atoms with E-state index >= 15 is 0 Å². The van der Waals surface area contributed by atoms with Crippen molar-refractivity contribution < 1.29 is 9.18 Å². The highest BCUT2D eigenvalue weighted by Gasteiger charge is 2.46. The predicted molar refractivity (Wildman–Crippen MR) is 69.3 cm³/mol. The molecule has 1 amide bonds. The van der Waals surface area contributed by atoms with Gasteiger partial charge in [0.1, 0.15) is 5.82 Å². The summed E-state index contributed by atoms with van der Waals surface area (Å²) in [7, 11) is 0. The van der Waals surface area contributed by atoms with E-state index in [0.717, 1.165) is 22.9 Å². The Morgan fingerprint density at radius 2 is 2.11 bits per heavy atom. The highest BCUT2D eigenvalue weighted by molar-refractivity contribution is 9.10. The van der Waals surface area contributed by atoms with Crippen LogP contribution in [0, 0.1) is 5.82 Å². The number of amides is 1. The van der Waals surface area contributed by atoms with Crippen LogP contribution in [0.5, 0.6) is 0 Å². The standard InChI is InChI=1S/C13H14BrFN2O/c14-10-4-1-7(15)5-9(10)13-11(16)6-12(18)17(13)8-2-3-8/h1,4-5,8,11,13H,2-3,6,16H2. The molecule has 2 fully saturated rings. The molecule has 18 heavy (non-hydrogen) atoms. The van der Waals surface area contributed by atoms with E-state index in [-0.39, 0.29) is 23.8 Å². The first kappa shape index (κ1) is 12.1. The number of carbonyl (C=O) groups is 1. The zero-order valence-corrected chi connectivity index (χ0v) is 11.4. The fourth-order valence-corrected chi connectivity index (χ4v) is 3.17. The minimum absolute atomic E-state index is 0.0890. The van der Waals surface area contributed by atoms with Gasteiger partial charge in [0.25, 0.3) is 0 Å². The topological polar surface area (TPSA) is 46.3 Å². The molecule has 96 valence electrons. The molecule has 2 unspecified atom stereocenters. The SMILES string of the molecule is NC1CC(=O)N(C2CC2)C1c1cc(F)ccc1Br. The number of hydrogen-bond donors (Lipinski definition) is 1. The van der Waals surface area contributed by atoms with Gasteiger partial charge in [-0.3, -0.25) is 4.79 Å². The average Bonchev–Trinajstić information content (AvgIpc) is 3.09. The molecular weight excluding hydrogens is 299 g/mol. The van der Waals surface area contributed by atoms with Crippen molar-refractivity contribution in [3.63, 3.8) is 0 Å². The van der Waals surface area contributed by atoms with Crippen molar-refractivity contribution in [3.8, 4) is 0 Å². The summed E-state index contributed by atoms with van der Waals surface area (Å²) in [6.07, 6.45) is 2.41. The highest BCUT2D eigenvalue weighted by atomic mass is 79.9. The molecule has 0 aromatic heterocycles. The molecule has 3 rings (SSSR count). The van der Waals surface area contributed by atoms with E-state index in [9.17, 15) is 9.18 Å². The molecule has 1 saturated heterocycles. The second kappa shape index (κ2) is 4.31. The number of nitrogens with two attached hydrogens (primary N) is 1. The van der Waals surface area contributed by atoms with Gasteiger partial charge in [-0.25, -0.2) is 4.39 Å². The maximum Gasteiger partial charge on any atom is 0.225 e. The number of rotatable bonds is 2. The van der Waals surface area contributed by atoms with E-state index < -0.39 is 0 Å². The van der Waals surface area contributed by atoms with Crippen LogP contribution < -0.4 is 5.73 Å². The van der Waals surface area contributed by atoms with Crippen molar-refractivity contribution in [3.05, 3.63) is 34.1 Å². The lowest BCUT2D eigenvalue weighted by Crippen LogP contribution is -2.34. The van der Waals surface area contributed by atoms with Crippen molar-refractivity contribution in [1.29, 1.82) is 0 Å². The molecule has 2 aliphatic rings. The summed E-state index contributed by atoms with van der Waals surface area (Å²) in [6.45, 7) is 0. The zero-order valence-electron chi connectivity index (χ0n) is 9.77. The number of nitrogens with zero attached hydrogens (tertiary/aromatic N) is 1. The molecule has 1 aliphatic carbocycles. The second-order valence-corrected chi connectivity index (χ2v) is 5.87. The van der Waals surface area contributed by atoms with Gasteiger partial charge in [0.15, 0.2) is 0 Å². The Morgan fingerprint density at radius 3 is 2.78 bits per heavy atom. The Morgan fingerprint density at radius 1 is 1.39 bits per heavy atom. The normalized spacial score (nSPS) is 27.9. The summed E-state index contributed by atoms with van der Waals surface area (Å²) in [6, 6.07) is 4.39. The molecule has 1 aliphatic heterocycles.